The molecule has 0 unspecified atom stereocenters. The number of carbonyl (C=O) groups is 1. The van der Waals surface area contributed by atoms with Crippen molar-refractivity contribution in [1.29, 1.82) is 0 Å². The van der Waals surface area contributed by atoms with Crippen LogP contribution in [0.3, 0.4) is 0 Å². The molecule has 0 fully saturated rings. The minimum Gasteiger partial charge on any atom is -0.294 e. The molecule has 7 heteroatoms. The standard InChI is InChI=1S/C27H22F3N3O/c1-4-24(34)22-13-19(10-8-16(22)2)18-6-5-7-20(12-18)26-32-23(14-25(33-26)27(28,29)30)21-11-9-17(3)31-15-21/h5-15H,4H2,1-3H3. The van der Waals surface area contributed by atoms with E-state index in [0.717, 1.165) is 28.5 Å². The summed E-state index contributed by atoms with van der Waals surface area (Å²) in [5, 5.41) is 0. The number of carbonyl (C=O) groups excluding carboxylic acids is 1. The van der Waals surface area contributed by atoms with Crippen molar-refractivity contribution >= 4 is 5.78 Å². The Bertz CT molecular complexity index is 1360. The number of alkyl halides is 3. The molecule has 4 nitrogen and oxygen atoms in total. The van der Waals surface area contributed by atoms with E-state index in [2.05, 4.69) is 15.0 Å². The number of nitrogens with zero attached hydrogens (tertiary/aromatic N) is 3. The SMILES string of the molecule is CCC(=O)c1cc(-c2cccc(-c3nc(-c4ccc(C)nc4)cc(C(F)(F)F)n3)c2)ccc1C. The Kier molecular flexibility index (Phi) is 6.28. The van der Waals surface area contributed by atoms with Crippen LogP contribution in [0, 0.1) is 13.8 Å². The summed E-state index contributed by atoms with van der Waals surface area (Å²) in [6.07, 6.45) is -2.75. The first-order valence-corrected chi connectivity index (χ1v) is 10.8. The van der Waals surface area contributed by atoms with Gasteiger partial charge in [-0.15, -0.1) is 0 Å². The van der Waals surface area contributed by atoms with Crippen LogP contribution >= 0.6 is 0 Å². The van der Waals surface area contributed by atoms with Gasteiger partial charge in [-0.25, -0.2) is 9.97 Å². The van der Waals surface area contributed by atoms with E-state index in [1.54, 1.807) is 44.2 Å². The highest BCUT2D eigenvalue weighted by molar-refractivity contribution is 5.98. The first-order chi connectivity index (χ1) is 16.2. The fraction of sp³-hybridized carbons (Fsp3) is 0.185. The van der Waals surface area contributed by atoms with Gasteiger partial charge >= 0.3 is 6.18 Å². The monoisotopic (exact) mass is 461 g/mol. The second-order valence-electron chi connectivity index (χ2n) is 8.04. The van der Waals surface area contributed by atoms with E-state index in [4.69, 9.17) is 0 Å². The first-order valence-electron chi connectivity index (χ1n) is 10.8. The van der Waals surface area contributed by atoms with Crippen molar-refractivity contribution in [1.82, 2.24) is 15.0 Å². The highest BCUT2D eigenvalue weighted by Crippen LogP contribution is 2.33. The van der Waals surface area contributed by atoms with E-state index >= 15 is 0 Å². The predicted octanol–water partition coefficient (Wildman–Crippen LogP) is 7.10. The van der Waals surface area contributed by atoms with Crippen molar-refractivity contribution in [2.75, 3.05) is 0 Å². The van der Waals surface area contributed by atoms with E-state index in [1.807, 2.05) is 31.2 Å². The summed E-state index contributed by atoms with van der Waals surface area (Å²) < 4.78 is 40.9. The molecule has 0 saturated carbocycles. The topological polar surface area (TPSA) is 55.7 Å². The zero-order valence-corrected chi connectivity index (χ0v) is 18.9. The maximum Gasteiger partial charge on any atom is 0.433 e. The molecule has 0 saturated heterocycles. The lowest BCUT2D eigenvalue weighted by molar-refractivity contribution is -0.141. The highest BCUT2D eigenvalue weighted by Gasteiger charge is 2.34. The van der Waals surface area contributed by atoms with Gasteiger partial charge < -0.3 is 0 Å². The van der Waals surface area contributed by atoms with Gasteiger partial charge in [0.2, 0.25) is 0 Å². The number of halogens is 3. The quantitative estimate of drug-likeness (QED) is 0.298. The third kappa shape index (κ3) is 4.88. The number of hydrogen-bond acceptors (Lipinski definition) is 4. The highest BCUT2D eigenvalue weighted by atomic mass is 19.4. The van der Waals surface area contributed by atoms with Gasteiger partial charge in [0.05, 0.1) is 5.69 Å². The Morgan fingerprint density at radius 3 is 2.24 bits per heavy atom. The number of Topliss-reactive ketones (excluding diaryl/α,β-unsaturated/α-hetero) is 1. The van der Waals surface area contributed by atoms with Crippen LogP contribution in [0.5, 0.6) is 0 Å². The summed E-state index contributed by atoms with van der Waals surface area (Å²) in [4.78, 5) is 24.7. The van der Waals surface area contributed by atoms with Crippen molar-refractivity contribution < 1.29 is 18.0 Å². The molecule has 0 aliphatic heterocycles. The molecule has 0 amide bonds. The first kappa shape index (κ1) is 23.3. The zero-order chi connectivity index (χ0) is 24.5. The molecule has 0 aliphatic carbocycles. The largest absolute Gasteiger partial charge is 0.433 e. The molecule has 4 rings (SSSR count). The molecule has 2 heterocycles. The van der Waals surface area contributed by atoms with Crippen LogP contribution in [0.15, 0.2) is 66.9 Å². The molecule has 0 bridgehead atoms. The van der Waals surface area contributed by atoms with Crippen LogP contribution in [-0.2, 0) is 6.18 Å². The van der Waals surface area contributed by atoms with Gasteiger partial charge in [0.25, 0.3) is 0 Å². The van der Waals surface area contributed by atoms with Gasteiger partial charge in [-0.05, 0) is 60.9 Å². The van der Waals surface area contributed by atoms with Crippen molar-refractivity contribution in [3.63, 3.8) is 0 Å². The number of benzene rings is 2. The molecular weight excluding hydrogens is 439 g/mol. The van der Waals surface area contributed by atoms with Gasteiger partial charge in [0.15, 0.2) is 11.6 Å². The molecule has 2 aromatic carbocycles. The van der Waals surface area contributed by atoms with Gasteiger partial charge in [0.1, 0.15) is 5.69 Å². The van der Waals surface area contributed by atoms with Crippen LogP contribution in [0.1, 0.15) is 40.7 Å². The Hall–Kier alpha value is -3.87. The third-order valence-corrected chi connectivity index (χ3v) is 5.54. The molecule has 4 aromatic rings. The summed E-state index contributed by atoms with van der Waals surface area (Å²) in [6.45, 7) is 5.48. The molecule has 0 aliphatic rings. The molecule has 0 N–H and O–H groups in total. The molecular formula is C27H22F3N3O. The molecule has 34 heavy (non-hydrogen) atoms. The van der Waals surface area contributed by atoms with Gasteiger partial charge in [-0.3, -0.25) is 9.78 Å². The van der Waals surface area contributed by atoms with E-state index in [0.29, 0.717) is 23.1 Å². The lowest BCUT2D eigenvalue weighted by Gasteiger charge is -2.12. The lowest BCUT2D eigenvalue weighted by Crippen LogP contribution is -2.10. The average molecular weight is 461 g/mol. The number of aryl methyl sites for hydroxylation is 2. The van der Waals surface area contributed by atoms with Gasteiger partial charge in [-0.2, -0.15) is 13.2 Å². The summed E-state index contributed by atoms with van der Waals surface area (Å²) in [6, 6.07) is 16.9. The molecule has 0 radical (unpaired) electrons. The second-order valence-corrected chi connectivity index (χ2v) is 8.04. The van der Waals surface area contributed by atoms with E-state index in [1.165, 1.54) is 6.20 Å². The molecule has 0 spiro atoms. The molecule has 172 valence electrons. The number of hydrogen-bond donors (Lipinski definition) is 0. The Morgan fingerprint density at radius 2 is 1.56 bits per heavy atom. The van der Waals surface area contributed by atoms with Crippen LogP contribution in [0.4, 0.5) is 13.2 Å². The lowest BCUT2D eigenvalue weighted by atomic mass is 9.95. The maximum atomic E-state index is 13.6. The van der Waals surface area contributed by atoms with Crippen molar-refractivity contribution in [2.24, 2.45) is 0 Å². The normalized spacial score (nSPS) is 11.5. The average Bonchev–Trinajstić information content (AvgIpc) is 2.83. The Morgan fingerprint density at radius 1 is 0.853 bits per heavy atom. The zero-order valence-electron chi connectivity index (χ0n) is 18.9. The van der Waals surface area contributed by atoms with Crippen molar-refractivity contribution in [3.8, 4) is 33.8 Å². The summed E-state index contributed by atoms with van der Waals surface area (Å²) in [5.74, 6) is -0.00251. The number of rotatable bonds is 5. The number of ketones is 1. The maximum absolute atomic E-state index is 13.6. The second kappa shape index (κ2) is 9.17. The van der Waals surface area contributed by atoms with E-state index < -0.39 is 11.9 Å². The van der Waals surface area contributed by atoms with E-state index in [-0.39, 0.29) is 17.3 Å². The Balaban J connectivity index is 1.83. The summed E-state index contributed by atoms with van der Waals surface area (Å²) in [7, 11) is 0. The van der Waals surface area contributed by atoms with Crippen LogP contribution in [0.2, 0.25) is 0 Å². The smallest absolute Gasteiger partial charge is 0.294 e. The predicted molar refractivity (Wildman–Crippen MR) is 125 cm³/mol. The van der Waals surface area contributed by atoms with Crippen LogP contribution in [0.25, 0.3) is 33.8 Å². The summed E-state index contributed by atoms with van der Waals surface area (Å²) >= 11 is 0. The minimum atomic E-state index is -4.63. The minimum absolute atomic E-state index is 0.0352. The van der Waals surface area contributed by atoms with Crippen molar-refractivity contribution in [2.45, 2.75) is 33.4 Å². The fourth-order valence-electron chi connectivity index (χ4n) is 3.62. The van der Waals surface area contributed by atoms with Crippen molar-refractivity contribution in [3.05, 3.63) is 89.4 Å². The van der Waals surface area contributed by atoms with E-state index in [9.17, 15) is 18.0 Å². The Labute approximate surface area is 195 Å². The van der Waals surface area contributed by atoms with Crippen LogP contribution in [-0.4, -0.2) is 20.7 Å². The van der Waals surface area contributed by atoms with Gasteiger partial charge in [-0.1, -0.05) is 37.3 Å². The number of pyridine rings is 1. The van der Waals surface area contributed by atoms with Gasteiger partial charge in [0, 0.05) is 35.0 Å². The molecule has 0 atom stereocenters. The third-order valence-electron chi connectivity index (χ3n) is 5.54. The number of aromatic nitrogens is 3. The fourth-order valence-corrected chi connectivity index (χ4v) is 3.62. The summed E-state index contributed by atoms with van der Waals surface area (Å²) in [5.41, 5.74) is 3.83. The van der Waals surface area contributed by atoms with Crippen LogP contribution < -0.4 is 0 Å². The molecule has 2 aromatic heterocycles.